The third-order valence-corrected chi connectivity index (χ3v) is 7.12. The molecule has 1 fully saturated rings. The van der Waals surface area contributed by atoms with E-state index in [1.54, 1.807) is 19.7 Å². The Morgan fingerprint density at radius 3 is 2.92 bits per heavy atom. The summed E-state index contributed by atoms with van der Waals surface area (Å²) in [6, 6.07) is 6.01. The number of rotatable bonds is 8. The number of nitrogens with one attached hydrogen (secondary N) is 2. The van der Waals surface area contributed by atoms with Crippen LogP contribution in [-0.4, -0.2) is 64.9 Å². The average molecular weight is 529 g/mol. The number of nitrogens with zero attached hydrogens (tertiary/aromatic N) is 6. The topological polar surface area (TPSA) is 99.5 Å². The van der Waals surface area contributed by atoms with Gasteiger partial charge < -0.3 is 20.1 Å². The molecule has 0 amide bonds. The Morgan fingerprint density at radius 2 is 2.18 bits per heavy atom. The maximum absolute atomic E-state index is 6.28. The van der Waals surface area contributed by atoms with Crippen LogP contribution in [0.25, 0.3) is 0 Å². The van der Waals surface area contributed by atoms with Gasteiger partial charge in [-0.15, -0.1) is 0 Å². The van der Waals surface area contributed by atoms with Crippen molar-refractivity contribution in [2.75, 3.05) is 30.8 Å². The van der Waals surface area contributed by atoms with Crippen LogP contribution in [0.3, 0.4) is 0 Å². The number of benzene rings is 1. The first-order valence-electron chi connectivity index (χ1n) is 13.3. The quantitative estimate of drug-likeness (QED) is 0.454. The third-order valence-electron chi connectivity index (χ3n) is 7.12. The van der Waals surface area contributed by atoms with Gasteiger partial charge in [0.15, 0.2) is 12.1 Å². The highest BCUT2D eigenvalue weighted by Crippen LogP contribution is 2.32. The van der Waals surface area contributed by atoms with Crippen molar-refractivity contribution < 1.29 is 9.47 Å². The number of aryl methyl sites for hydroxylation is 1. The normalized spacial score (nSPS) is 22.1. The predicted octanol–water partition coefficient (Wildman–Crippen LogP) is 5.16. The molecular formula is C29H36N8O2. The van der Waals surface area contributed by atoms with Gasteiger partial charge in [-0.3, -0.25) is 9.89 Å². The standard InChI is InChI=1S/C29H36N8O2/c1-6-19(3)25-15-22(11-13-37(25)33-7-2)39-26-9-8-21(14-20(26)4)34-28-27-24(31-18-32-28)16-30-29(35-27)36-12-10-23(17-36)38-5/h7-9,11,13-16,18,23,29,35H,6,10,12,17H2,1-5H3,(H,31,32,34)/b25-19?,33-7-. The lowest BCUT2D eigenvalue weighted by atomic mass is 10.1. The van der Waals surface area contributed by atoms with Crippen LogP contribution in [0.15, 0.2) is 70.0 Å². The van der Waals surface area contributed by atoms with Gasteiger partial charge in [-0.25, -0.2) is 15.0 Å². The Labute approximate surface area is 229 Å². The average Bonchev–Trinajstić information content (AvgIpc) is 3.44. The lowest BCUT2D eigenvalue weighted by molar-refractivity contribution is 0.104. The van der Waals surface area contributed by atoms with Crippen molar-refractivity contribution in [2.45, 2.75) is 52.9 Å². The van der Waals surface area contributed by atoms with Gasteiger partial charge in [-0.1, -0.05) is 6.92 Å². The molecule has 3 aliphatic rings. The van der Waals surface area contributed by atoms with E-state index in [-0.39, 0.29) is 12.4 Å². The molecular weight excluding hydrogens is 492 g/mol. The van der Waals surface area contributed by atoms with E-state index in [9.17, 15) is 0 Å². The molecule has 0 saturated carbocycles. The minimum absolute atomic E-state index is 0.173. The molecule has 39 heavy (non-hydrogen) atoms. The van der Waals surface area contributed by atoms with Crippen molar-refractivity contribution in [2.24, 2.45) is 10.1 Å². The fourth-order valence-electron chi connectivity index (χ4n) is 4.76. The van der Waals surface area contributed by atoms with E-state index in [1.165, 1.54) is 5.57 Å². The van der Waals surface area contributed by atoms with E-state index in [4.69, 9.17) is 9.47 Å². The molecule has 4 heterocycles. The number of aromatic nitrogens is 2. The van der Waals surface area contributed by atoms with Gasteiger partial charge in [0.05, 0.1) is 18.0 Å². The molecule has 1 aromatic carbocycles. The molecule has 5 rings (SSSR count). The first-order valence-corrected chi connectivity index (χ1v) is 13.3. The van der Waals surface area contributed by atoms with E-state index in [2.05, 4.69) is 55.5 Å². The molecule has 2 N–H and O–H groups in total. The minimum atomic E-state index is -0.173. The Balaban J connectivity index is 1.31. The second-order valence-corrected chi connectivity index (χ2v) is 9.73. The predicted molar refractivity (Wildman–Crippen MR) is 155 cm³/mol. The summed E-state index contributed by atoms with van der Waals surface area (Å²) >= 11 is 0. The van der Waals surface area contributed by atoms with Crippen LogP contribution < -0.4 is 15.4 Å². The van der Waals surface area contributed by atoms with Crippen molar-refractivity contribution in [3.05, 3.63) is 71.2 Å². The molecule has 0 aliphatic carbocycles. The van der Waals surface area contributed by atoms with Crippen LogP contribution in [0.4, 0.5) is 17.2 Å². The monoisotopic (exact) mass is 528 g/mol. The highest BCUT2D eigenvalue weighted by atomic mass is 16.5. The third kappa shape index (κ3) is 5.86. The molecule has 10 heteroatoms. The zero-order valence-corrected chi connectivity index (χ0v) is 23.2. The number of likely N-dealkylation sites (tertiary alicyclic amines) is 1. The van der Waals surface area contributed by atoms with Crippen molar-refractivity contribution in [3.8, 4) is 5.75 Å². The Kier molecular flexibility index (Phi) is 8.04. The first-order chi connectivity index (χ1) is 19.0. The summed E-state index contributed by atoms with van der Waals surface area (Å²) in [7, 11) is 1.76. The molecule has 0 radical (unpaired) electrons. The number of methoxy groups -OCH3 is 1. The van der Waals surface area contributed by atoms with Gasteiger partial charge in [0.2, 0.25) is 0 Å². The summed E-state index contributed by atoms with van der Waals surface area (Å²) in [5.74, 6) is 2.25. The molecule has 0 spiro atoms. The van der Waals surface area contributed by atoms with E-state index in [1.807, 2.05) is 55.6 Å². The van der Waals surface area contributed by atoms with Gasteiger partial charge in [-0.05, 0) is 69.0 Å². The number of allylic oxidation sites excluding steroid dienone is 3. The maximum Gasteiger partial charge on any atom is 0.176 e. The first kappa shape index (κ1) is 26.6. The van der Waals surface area contributed by atoms with Crippen LogP contribution in [0.2, 0.25) is 0 Å². The highest BCUT2D eigenvalue weighted by Gasteiger charge is 2.30. The van der Waals surface area contributed by atoms with Crippen LogP contribution in [-0.2, 0) is 4.74 Å². The lowest BCUT2D eigenvalue weighted by Crippen LogP contribution is -2.40. The molecule has 1 aromatic heterocycles. The summed E-state index contributed by atoms with van der Waals surface area (Å²) in [6.07, 6.45) is 13.0. The van der Waals surface area contributed by atoms with Crippen molar-refractivity contribution in [3.63, 3.8) is 0 Å². The zero-order chi connectivity index (χ0) is 27.4. The largest absolute Gasteiger partial charge is 0.457 e. The van der Waals surface area contributed by atoms with Gasteiger partial charge >= 0.3 is 0 Å². The van der Waals surface area contributed by atoms with Crippen LogP contribution in [0, 0.1) is 6.92 Å². The number of hydrazone groups is 1. The molecule has 3 aliphatic heterocycles. The molecule has 2 unspecified atom stereocenters. The van der Waals surface area contributed by atoms with Crippen molar-refractivity contribution >= 4 is 29.6 Å². The van der Waals surface area contributed by atoms with Crippen molar-refractivity contribution in [1.82, 2.24) is 19.9 Å². The Morgan fingerprint density at radius 1 is 1.31 bits per heavy atom. The smallest absolute Gasteiger partial charge is 0.176 e. The minimum Gasteiger partial charge on any atom is -0.457 e. The van der Waals surface area contributed by atoms with E-state index < -0.39 is 0 Å². The number of ether oxygens (including phenoxy) is 2. The summed E-state index contributed by atoms with van der Waals surface area (Å²) in [5.41, 5.74) is 5.75. The molecule has 0 bridgehead atoms. The number of hydrogen-bond donors (Lipinski definition) is 2. The SMILES string of the molecule is C/C=N\N1C=CC(Oc2ccc(Nc3ncnc4c3NC(N3CCC(OC)C3)N=C4)cc2C)=CC1=C(C)CC. The summed E-state index contributed by atoms with van der Waals surface area (Å²) in [5, 5.41) is 13.3. The summed E-state index contributed by atoms with van der Waals surface area (Å²) < 4.78 is 11.8. The molecule has 2 atom stereocenters. The molecule has 10 nitrogen and oxygen atoms in total. The number of aliphatic imine (C=N–C) groups is 1. The van der Waals surface area contributed by atoms with Gasteiger partial charge in [0, 0.05) is 44.4 Å². The Bertz CT molecular complexity index is 1360. The fourth-order valence-corrected chi connectivity index (χ4v) is 4.76. The van der Waals surface area contributed by atoms with Crippen LogP contribution in [0.1, 0.15) is 44.9 Å². The lowest BCUT2D eigenvalue weighted by Gasteiger charge is -2.29. The van der Waals surface area contributed by atoms with E-state index >= 15 is 0 Å². The second-order valence-electron chi connectivity index (χ2n) is 9.73. The van der Waals surface area contributed by atoms with Gasteiger partial charge in [0.1, 0.15) is 29.2 Å². The summed E-state index contributed by atoms with van der Waals surface area (Å²) in [6.45, 7) is 9.95. The van der Waals surface area contributed by atoms with Gasteiger partial charge in [-0.2, -0.15) is 5.10 Å². The number of fused-ring (bicyclic) bond motifs is 1. The molecule has 2 aromatic rings. The number of anilines is 3. The highest BCUT2D eigenvalue weighted by molar-refractivity contribution is 5.92. The maximum atomic E-state index is 6.28. The Hall–Kier alpha value is -4.02. The molecule has 1 saturated heterocycles. The van der Waals surface area contributed by atoms with Crippen LogP contribution in [0.5, 0.6) is 5.75 Å². The molecule has 204 valence electrons. The zero-order valence-electron chi connectivity index (χ0n) is 23.2. The van der Waals surface area contributed by atoms with Crippen LogP contribution >= 0.6 is 0 Å². The fraction of sp³-hybridized carbons (Fsp3) is 0.379. The van der Waals surface area contributed by atoms with E-state index in [0.29, 0.717) is 5.82 Å². The second kappa shape index (κ2) is 11.8. The summed E-state index contributed by atoms with van der Waals surface area (Å²) in [4.78, 5) is 15.8. The van der Waals surface area contributed by atoms with Gasteiger partial charge in [0.25, 0.3) is 0 Å². The number of hydrogen-bond acceptors (Lipinski definition) is 10. The van der Waals surface area contributed by atoms with E-state index in [0.717, 1.165) is 65.8 Å². The van der Waals surface area contributed by atoms with Crippen molar-refractivity contribution in [1.29, 1.82) is 0 Å².